The molecule has 3 aromatic carbocycles. The van der Waals surface area contributed by atoms with Gasteiger partial charge in [0.25, 0.3) is 5.91 Å². The first-order valence-corrected chi connectivity index (χ1v) is 10.0. The number of benzene rings is 3. The number of hydrogen-bond acceptors (Lipinski definition) is 2. The van der Waals surface area contributed by atoms with Gasteiger partial charge in [0.15, 0.2) is 0 Å². The summed E-state index contributed by atoms with van der Waals surface area (Å²) in [6.07, 6.45) is 0. The van der Waals surface area contributed by atoms with E-state index in [-0.39, 0.29) is 17.7 Å². The van der Waals surface area contributed by atoms with Crippen molar-refractivity contribution in [3.05, 3.63) is 101 Å². The fourth-order valence-corrected chi connectivity index (χ4v) is 5.92. The highest BCUT2D eigenvalue weighted by molar-refractivity contribution is 6.06. The van der Waals surface area contributed by atoms with Gasteiger partial charge in [-0.25, -0.2) is 5.01 Å². The molecule has 2 bridgehead atoms. The molecule has 0 spiro atoms. The van der Waals surface area contributed by atoms with E-state index in [0.717, 1.165) is 0 Å². The maximum Gasteiger partial charge on any atom is 0.250 e. The predicted molar refractivity (Wildman–Crippen MR) is 110 cm³/mol. The zero-order valence-corrected chi connectivity index (χ0v) is 16.0. The molecule has 0 radical (unpaired) electrons. The van der Waals surface area contributed by atoms with Crippen molar-refractivity contribution in [1.82, 2.24) is 5.43 Å². The normalized spacial score (nSPS) is 29.0. The zero-order valence-electron chi connectivity index (χ0n) is 16.0. The Hall–Kier alpha value is -3.40. The van der Waals surface area contributed by atoms with Crippen LogP contribution < -0.4 is 10.4 Å². The first-order chi connectivity index (χ1) is 14.1. The van der Waals surface area contributed by atoms with Crippen LogP contribution in [0.5, 0.6) is 0 Å². The van der Waals surface area contributed by atoms with Gasteiger partial charge < -0.3 is 0 Å². The Labute approximate surface area is 169 Å². The summed E-state index contributed by atoms with van der Waals surface area (Å²) in [5.41, 5.74) is 7.71. The number of carbonyl (C=O) groups is 2. The summed E-state index contributed by atoms with van der Waals surface area (Å²) < 4.78 is 0. The van der Waals surface area contributed by atoms with E-state index >= 15 is 0 Å². The number of carbonyl (C=O) groups excluding carboxylic acids is 2. The lowest BCUT2D eigenvalue weighted by Gasteiger charge is -2.57. The SMILES string of the molecule is CC12c3ccccc3C(c3ccccc31)[C@H]1C(=O)NN(c3ccccc3)C(=O)[C@@H]12. The fourth-order valence-electron chi connectivity index (χ4n) is 5.92. The van der Waals surface area contributed by atoms with Crippen LogP contribution in [-0.2, 0) is 15.0 Å². The molecule has 2 atom stereocenters. The van der Waals surface area contributed by atoms with Crippen molar-refractivity contribution in [1.29, 1.82) is 0 Å². The molecule has 3 aliphatic carbocycles. The molecule has 4 nitrogen and oxygen atoms in total. The minimum atomic E-state index is -0.547. The van der Waals surface area contributed by atoms with Crippen molar-refractivity contribution in [3.8, 4) is 0 Å². The molecule has 3 aromatic rings. The molecule has 1 aliphatic heterocycles. The third-order valence-electron chi connectivity index (χ3n) is 7.08. The summed E-state index contributed by atoms with van der Waals surface area (Å²) in [5.74, 6) is -1.07. The highest BCUT2D eigenvalue weighted by atomic mass is 16.2. The lowest BCUT2D eigenvalue weighted by Crippen LogP contribution is -2.68. The molecule has 4 aliphatic rings. The van der Waals surface area contributed by atoms with Crippen molar-refractivity contribution in [2.75, 3.05) is 5.01 Å². The van der Waals surface area contributed by atoms with Crippen molar-refractivity contribution >= 4 is 17.5 Å². The molecule has 1 saturated heterocycles. The van der Waals surface area contributed by atoms with Gasteiger partial charge in [-0.3, -0.25) is 15.0 Å². The molecule has 1 fully saturated rings. The number of hydrogen-bond donors (Lipinski definition) is 1. The van der Waals surface area contributed by atoms with Gasteiger partial charge >= 0.3 is 0 Å². The fraction of sp³-hybridized carbons (Fsp3) is 0.200. The van der Waals surface area contributed by atoms with Gasteiger partial charge in [0.1, 0.15) is 0 Å². The average molecular weight is 380 g/mol. The van der Waals surface area contributed by atoms with E-state index in [1.807, 2.05) is 54.6 Å². The Bertz CT molecular complexity index is 1120. The van der Waals surface area contributed by atoms with Gasteiger partial charge in [-0.1, -0.05) is 73.7 Å². The van der Waals surface area contributed by atoms with Gasteiger partial charge in [-0.2, -0.15) is 0 Å². The predicted octanol–water partition coefficient (Wildman–Crippen LogP) is 3.76. The highest BCUT2D eigenvalue weighted by Gasteiger charge is 2.63. The minimum Gasteiger partial charge on any atom is -0.273 e. The number of nitrogens with zero attached hydrogens (tertiary/aromatic N) is 1. The van der Waals surface area contributed by atoms with Crippen LogP contribution in [0.25, 0.3) is 0 Å². The Morgan fingerprint density at radius 2 is 1.34 bits per heavy atom. The molecule has 1 heterocycles. The quantitative estimate of drug-likeness (QED) is 0.699. The molecule has 4 heteroatoms. The number of amides is 2. The number of nitrogens with one attached hydrogen (secondary N) is 1. The Morgan fingerprint density at radius 1 is 0.793 bits per heavy atom. The first-order valence-electron chi connectivity index (χ1n) is 10.0. The molecular formula is C25H20N2O2. The summed E-state index contributed by atoms with van der Waals surface area (Å²) in [6.45, 7) is 2.14. The highest BCUT2D eigenvalue weighted by Crippen LogP contribution is 2.62. The maximum absolute atomic E-state index is 13.8. The van der Waals surface area contributed by atoms with Crippen molar-refractivity contribution < 1.29 is 9.59 Å². The molecule has 0 saturated carbocycles. The van der Waals surface area contributed by atoms with Crippen LogP contribution in [0.15, 0.2) is 78.9 Å². The van der Waals surface area contributed by atoms with Crippen LogP contribution in [0.1, 0.15) is 35.1 Å². The first kappa shape index (κ1) is 16.5. The molecular weight excluding hydrogens is 360 g/mol. The molecule has 7 rings (SSSR count). The van der Waals surface area contributed by atoms with Gasteiger partial charge in [-0.05, 0) is 34.4 Å². The van der Waals surface area contributed by atoms with Crippen molar-refractivity contribution in [2.45, 2.75) is 18.3 Å². The topological polar surface area (TPSA) is 49.4 Å². The summed E-state index contributed by atoms with van der Waals surface area (Å²) in [5, 5.41) is 1.45. The van der Waals surface area contributed by atoms with E-state index in [9.17, 15) is 9.59 Å². The lowest BCUT2D eigenvalue weighted by molar-refractivity contribution is -0.144. The van der Waals surface area contributed by atoms with E-state index in [1.54, 1.807) is 0 Å². The Morgan fingerprint density at radius 3 is 1.97 bits per heavy atom. The lowest BCUT2D eigenvalue weighted by atomic mass is 9.46. The maximum atomic E-state index is 13.8. The zero-order chi connectivity index (χ0) is 19.8. The Kier molecular flexibility index (Phi) is 3.18. The van der Waals surface area contributed by atoms with E-state index < -0.39 is 17.3 Å². The van der Waals surface area contributed by atoms with Crippen molar-refractivity contribution in [2.24, 2.45) is 11.8 Å². The summed E-state index contributed by atoms with van der Waals surface area (Å²) in [4.78, 5) is 27.2. The molecule has 142 valence electrons. The molecule has 29 heavy (non-hydrogen) atoms. The van der Waals surface area contributed by atoms with E-state index in [4.69, 9.17) is 0 Å². The van der Waals surface area contributed by atoms with Crippen molar-refractivity contribution in [3.63, 3.8) is 0 Å². The summed E-state index contributed by atoms with van der Waals surface area (Å²) in [7, 11) is 0. The van der Waals surface area contributed by atoms with Crippen LogP contribution >= 0.6 is 0 Å². The number of para-hydroxylation sites is 1. The monoisotopic (exact) mass is 380 g/mol. The van der Waals surface area contributed by atoms with Crippen LogP contribution in [-0.4, -0.2) is 11.8 Å². The van der Waals surface area contributed by atoms with E-state index in [1.165, 1.54) is 27.3 Å². The molecule has 2 amide bonds. The van der Waals surface area contributed by atoms with Crippen LogP contribution in [0.3, 0.4) is 0 Å². The second kappa shape index (κ2) is 5.57. The molecule has 1 N–H and O–H groups in total. The number of anilines is 1. The third-order valence-corrected chi connectivity index (χ3v) is 7.08. The molecule has 0 aromatic heterocycles. The summed E-state index contributed by atoms with van der Waals surface area (Å²) in [6, 6.07) is 26.0. The van der Waals surface area contributed by atoms with E-state index in [0.29, 0.717) is 5.69 Å². The second-order valence-electron chi connectivity index (χ2n) is 8.34. The molecule has 0 unspecified atom stereocenters. The summed E-state index contributed by atoms with van der Waals surface area (Å²) >= 11 is 0. The number of rotatable bonds is 1. The van der Waals surface area contributed by atoms with Crippen LogP contribution in [0.2, 0.25) is 0 Å². The second-order valence-corrected chi connectivity index (χ2v) is 8.34. The average Bonchev–Trinajstić information content (AvgIpc) is 2.77. The van der Waals surface area contributed by atoms with Gasteiger partial charge in [-0.15, -0.1) is 0 Å². The number of hydrazine groups is 1. The van der Waals surface area contributed by atoms with Crippen LogP contribution in [0, 0.1) is 11.8 Å². The van der Waals surface area contributed by atoms with Gasteiger partial charge in [0.05, 0.1) is 17.5 Å². The standard InChI is InChI=1S/C25H20N2O2/c1-25-18-13-7-5-11-16(18)20(17-12-6-8-14-19(17)25)21-22(25)24(29)27(26-23(21)28)15-9-3-2-4-10-15/h2-14,20-22H,1H3,(H,26,28)/t20?,21-,22-,25?/m1/s1. The van der Waals surface area contributed by atoms with Gasteiger partial charge in [0, 0.05) is 11.3 Å². The minimum absolute atomic E-state index is 0.0442. The van der Waals surface area contributed by atoms with Gasteiger partial charge in [0.2, 0.25) is 5.91 Å². The smallest absolute Gasteiger partial charge is 0.250 e. The van der Waals surface area contributed by atoms with E-state index in [2.05, 4.69) is 36.6 Å². The Balaban J connectivity index is 1.62. The van der Waals surface area contributed by atoms with Crippen LogP contribution in [0.4, 0.5) is 5.69 Å². The third kappa shape index (κ3) is 1.93. The largest absolute Gasteiger partial charge is 0.273 e.